The summed E-state index contributed by atoms with van der Waals surface area (Å²) in [6.07, 6.45) is 5.85. The summed E-state index contributed by atoms with van der Waals surface area (Å²) in [6, 6.07) is 0. The van der Waals surface area contributed by atoms with Crippen LogP contribution in [-0.2, 0) is 4.79 Å². The second-order valence-corrected chi connectivity index (χ2v) is 6.48. The van der Waals surface area contributed by atoms with Crippen LogP contribution in [0, 0.1) is 11.8 Å². The molecule has 0 spiro atoms. The Hall–Kier alpha value is -0.900. The first-order chi connectivity index (χ1) is 9.56. The molecule has 1 amide bonds. The third-order valence-corrected chi connectivity index (χ3v) is 4.55. The lowest BCUT2D eigenvalue weighted by atomic mass is 9.88. The largest absolute Gasteiger partial charge is 0.339 e. The molecule has 0 aromatic heterocycles. The van der Waals surface area contributed by atoms with Crippen LogP contribution in [0.25, 0.3) is 0 Å². The molecule has 0 radical (unpaired) electrons. The van der Waals surface area contributed by atoms with Crippen LogP contribution < -0.4 is 0 Å². The van der Waals surface area contributed by atoms with Crippen LogP contribution in [-0.4, -0.2) is 54.6 Å². The van der Waals surface area contributed by atoms with Gasteiger partial charge in [-0.05, 0) is 31.1 Å². The van der Waals surface area contributed by atoms with E-state index in [1.165, 1.54) is 6.42 Å². The number of amides is 1. The molecular weight excluding hydrogens is 255 g/mol. The van der Waals surface area contributed by atoms with Gasteiger partial charge in [-0.3, -0.25) is 9.69 Å². The lowest BCUT2D eigenvalue weighted by Gasteiger charge is -2.34. The van der Waals surface area contributed by atoms with Gasteiger partial charge in [-0.2, -0.15) is 0 Å². The molecule has 0 N–H and O–H groups in total. The maximum atomic E-state index is 13.0. The predicted molar refractivity (Wildman–Crippen MR) is 79.2 cm³/mol. The number of rotatable bonds is 4. The van der Waals surface area contributed by atoms with E-state index in [4.69, 9.17) is 0 Å². The van der Waals surface area contributed by atoms with Crippen molar-refractivity contribution in [1.29, 1.82) is 0 Å². The van der Waals surface area contributed by atoms with Gasteiger partial charge in [0.05, 0.1) is 0 Å². The molecule has 3 nitrogen and oxygen atoms in total. The normalized spacial score (nSPS) is 28.7. The van der Waals surface area contributed by atoms with Crippen molar-refractivity contribution < 1.29 is 9.18 Å². The van der Waals surface area contributed by atoms with Crippen LogP contribution >= 0.6 is 0 Å². The van der Waals surface area contributed by atoms with Crippen molar-refractivity contribution in [3.63, 3.8) is 0 Å². The number of likely N-dealkylation sites (tertiary alicyclic amines) is 2. The van der Waals surface area contributed by atoms with E-state index in [-0.39, 0.29) is 5.91 Å². The van der Waals surface area contributed by atoms with Gasteiger partial charge in [0.1, 0.15) is 6.17 Å². The van der Waals surface area contributed by atoms with Gasteiger partial charge in [0.2, 0.25) is 5.91 Å². The monoisotopic (exact) mass is 282 g/mol. The number of nitrogens with zero attached hydrogens (tertiary/aromatic N) is 2. The Morgan fingerprint density at radius 3 is 2.75 bits per heavy atom. The molecule has 0 aliphatic carbocycles. The van der Waals surface area contributed by atoms with Gasteiger partial charge < -0.3 is 4.90 Å². The smallest absolute Gasteiger partial charge is 0.246 e. The van der Waals surface area contributed by atoms with Crippen molar-refractivity contribution in [3.05, 3.63) is 12.2 Å². The van der Waals surface area contributed by atoms with Crippen LogP contribution in [0.5, 0.6) is 0 Å². The molecule has 0 saturated carbocycles. The van der Waals surface area contributed by atoms with Crippen molar-refractivity contribution in [2.24, 2.45) is 11.8 Å². The summed E-state index contributed by atoms with van der Waals surface area (Å²) in [5.74, 6) is 1.39. The van der Waals surface area contributed by atoms with Gasteiger partial charge in [-0.1, -0.05) is 19.9 Å². The first-order valence-electron chi connectivity index (χ1n) is 7.88. The number of alkyl halides is 1. The molecule has 114 valence electrons. The van der Waals surface area contributed by atoms with Crippen molar-refractivity contribution in [3.8, 4) is 0 Å². The second kappa shape index (κ2) is 7.21. The lowest BCUT2D eigenvalue weighted by molar-refractivity contribution is -0.128. The van der Waals surface area contributed by atoms with E-state index < -0.39 is 6.17 Å². The van der Waals surface area contributed by atoms with Crippen LogP contribution in [0.1, 0.15) is 33.1 Å². The van der Waals surface area contributed by atoms with Crippen molar-refractivity contribution >= 4 is 5.91 Å². The number of carbonyl (C=O) groups is 1. The number of hydrogen-bond donors (Lipinski definition) is 0. The Bertz CT molecular complexity index is 356. The molecule has 2 aliphatic heterocycles. The minimum absolute atomic E-state index is 0.117. The molecule has 0 aromatic carbocycles. The van der Waals surface area contributed by atoms with Crippen molar-refractivity contribution in [2.45, 2.75) is 39.3 Å². The third kappa shape index (κ3) is 4.30. The minimum atomic E-state index is -0.687. The van der Waals surface area contributed by atoms with Crippen LogP contribution in [0.2, 0.25) is 0 Å². The molecule has 2 unspecified atom stereocenters. The molecular formula is C16H27FN2O. The average Bonchev–Trinajstić information content (AvgIpc) is 2.84. The van der Waals surface area contributed by atoms with E-state index in [1.54, 1.807) is 6.08 Å². The van der Waals surface area contributed by atoms with E-state index in [0.29, 0.717) is 31.3 Å². The fourth-order valence-electron chi connectivity index (χ4n) is 3.11. The Morgan fingerprint density at radius 2 is 2.10 bits per heavy atom. The summed E-state index contributed by atoms with van der Waals surface area (Å²) in [5.41, 5.74) is 0. The summed E-state index contributed by atoms with van der Waals surface area (Å²) in [7, 11) is 0. The molecule has 2 rings (SSSR count). The van der Waals surface area contributed by atoms with Crippen molar-refractivity contribution in [2.75, 3.05) is 32.7 Å². The van der Waals surface area contributed by atoms with E-state index in [2.05, 4.69) is 18.7 Å². The standard InChI is InChI=1S/C16H27FN2O/c1-13(2)14-5-3-9-19(11-14)16(20)6-4-8-18-10-7-15(17)12-18/h4,6,13-15H,3,5,7-12H2,1-2H3. The summed E-state index contributed by atoms with van der Waals surface area (Å²) in [5, 5.41) is 0. The summed E-state index contributed by atoms with van der Waals surface area (Å²) in [4.78, 5) is 16.2. The highest BCUT2D eigenvalue weighted by Gasteiger charge is 2.24. The summed E-state index contributed by atoms with van der Waals surface area (Å²) in [6.45, 7) is 8.23. The molecule has 0 aromatic rings. The zero-order valence-electron chi connectivity index (χ0n) is 12.7. The first-order valence-corrected chi connectivity index (χ1v) is 7.88. The van der Waals surface area contributed by atoms with E-state index in [0.717, 1.165) is 26.1 Å². The maximum absolute atomic E-state index is 13.0. The van der Waals surface area contributed by atoms with Gasteiger partial charge >= 0.3 is 0 Å². The van der Waals surface area contributed by atoms with Crippen LogP contribution in [0.15, 0.2) is 12.2 Å². The highest BCUT2D eigenvalue weighted by atomic mass is 19.1. The highest BCUT2D eigenvalue weighted by Crippen LogP contribution is 2.23. The molecule has 2 heterocycles. The van der Waals surface area contributed by atoms with Crippen LogP contribution in [0.3, 0.4) is 0 Å². The number of carbonyl (C=O) groups excluding carboxylic acids is 1. The Kier molecular flexibility index (Phi) is 5.58. The number of halogens is 1. The fourth-order valence-corrected chi connectivity index (χ4v) is 3.11. The second-order valence-electron chi connectivity index (χ2n) is 6.48. The maximum Gasteiger partial charge on any atom is 0.246 e. The van der Waals surface area contributed by atoms with E-state index in [9.17, 15) is 9.18 Å². The summed E-state index contributed by atoms with van der Waals surface area (Å²) >= 11 is 0. The average molecular weight is 282 g/mol. The quantitative estimate of drug-likeness (QED) is 0.740. The Balaban J connectivity index is 1.76. The highest BCUT2D eigenvalue weighted by molar-refractivity contribution is 5.87. The zero-order valence-corrected chi connectivity index (χ0v) is 12.7. The van der Waals surface area contributed by atoms with Gasteiger partial charge in [0, 0.05) is 38.8 Å². The van der Waals surface area contributed by atoms with Gasteiger partial charge in [-0.15, -0.1) is 0 Å². The molecule has 4 heteroatoms. The molecule has 20 heavy (non-hydrogen) atoms. The minimum Gasteiger partial charge on any atom is -0.339 e. The summed E-state index contributed by atoms with van der Waals surface area (Å²) < 4.78 is 13.0. The van der Waals surface area contributed by atoms with Gasteiger partial charge in [0.25, 0.3) is 0 Å². The number of piperidine rings is 1. The zero-order chi connectivity index (χ0) is 14.5. The predicted octanol–water partition coefficient (Wildman–Crippen LogP) is 2.48. The first kappa shape index (κ1) is 15.5. The third-order valence-electron chi connectivity index (χ3n) is 4.55. The van der Waals surface area contributed by atoms with Crippen molar-refractivity contribution in [1.82, 2.24) is 9.80 Å². The molecule has 2 fully saturated rings. The van der Waals surface area contributed by atoms with E-state index in [1.807, 2.05) is 11.0 Å². The Morgan fingerprint density at radius 1 is 1.30 bits per heavy atom. The lowest BCUT2D eigenvalue weighted by Crippen LogP contribution is -2.40. The number of hydrogen-bond acceptors (Lipinski definition) is 2. The van der Waals surface area contributed by atoms with E-state index >= 15 is 0 Å². The fraction of sp³-hybridized carbons (Fsp3) is 0.812. The molecule has 0 bridgehead atoms. The SMILES string of the molecule is CC(C)C1CCCN(C(=O)C=CCN2CCC(F)C2)C1. The molecule has 2 aliphatic rings. The molecule has 2 saturated heterocycles. The Labute approximate surface area is 121 Å². The topological polar surface area (TPSA) is 23.6 Å². The molecule has 2 atom stereocenters. The van der Waals surface area contributed by atoms with Gasteiger partial charge in [-0.25, -0.2) is 4.39 Å². The van der Waals surface area contributed by atoms with Crippen LogP contribution in [0.4, 0.5) is 4.39 Å². The van der Waals surface area contributed by atoms with Gasteiger partial charge in [0.15, 0.2) is 0 Å².